The lowest BCUT2D eigenvalue weighted by Crippen LogP contribution is -2.31. The number of rotatable bonds is 8. The summed E-state index contributed by atoms with van der Waals surface area (Å²) in [7, 11) is 2.91. The van der Waals surface area contributed by atoms with Gasteiger partial charge in [-0.2, -0.15) is 0 Å². The predicted octanol–water partition coefficient (Wildman–Crippen LogP) is 4.61. The van der Waals surface area contributed by atoms with Gasteiger partial charge in [0.25, 0.3) is 0 Å². The number of carbonyl (C=O) groups is 2. The lowest BCUT2D eigenvalue weighted by Gasteiger charge is -2.18. The molecule has 1 unspecified atom stereocenters. The van der Waals surface area contributed by atoms with E-state index >= 15 is 0 Å². The molecule has 29 heavy (non-hydrogen) atoms. The highest BCUT2D eigenvalue weighted by Crippen LogP contribution is 2.32. The van der Waals surface area contributed by atoms with Crippen molar-refractivity contribution in [2.24, 2.45) is 0 Å². The molecule has 0 aliphatic rings. The van der Waals surface area contributed by atoms with Crippen molar-refractivity contribution in [3.8, 4) is 15.6 Å². The lowest BCUT2D eigenvalue weighted by atomic mass is 10.0. The van der Waals surface area contributed by atoms with E-state index in [2.05, 4.69) is 26.2 Å². The fraction of sp³-hybridized carbons (Fsp3) is 0.250. The van der Waals surface area contributed by atoms with Gasteiger partial charge in [0.15, 0.2) is 0 Å². The van der Waals surface area contributed by atoms with E-state index < -0.39 is 12.0 Å². The Kier molecular flexibility index (Phi) is 7.40. The average Bonchev–Trinajstić information content (AvgIpc) is 3.36. The topological polar surface area (TPSA) is 77.5 Å². The van der Waals surface area contributed by atoms with Crippen molar-refractivity contribution in [1.82, 2.24) is 10.3 Å². The summed E-state index contributed by atoms with van der Waals surface area (Å²) in [6.07, 6.45) is 0.178. The van der Waals surface area contributed by atoms with E-state index in [9.17, 15) is 9.59 Å². The molecule has 1 amide bonds. The Morgan fingerprint density at radius 3 is 2.55 bits per heavy atom. The fourth-order valence-electron chi connectivity index (χ4n) is 2.67. The maximum absolute atomic E-state index is 12.6. The highest BCUT2D eigenvalue weighted by atomic mass is 79.9. The van der Waals surface area contributed by atoms with Gasteiger partial charge in [-0.1, -0.05) is 12.1 Å². The van der Waals surface area contributed by atoms with E-state index in [-0.39, 0.29) is 18.7 Å². The van der Waals surface area contributed by atoms with Crippen molar-refractivity contribution in [2.45, 2.75) is 18.9 Å². The summed E-state index contributed by atoms with van der Waals surface area (Å²) in [4.78, 5) is 30.0. The van der Waals surface area contributed by atoms with Crippen molar-refractivity contribution in [1.29, 1.82) is 0 Å². The average molecular weight is 495 g/mol. The van der Waals surface area contributed by atoms with E-state index in [1.807, 2.05) is 29.0 Å². The molecule has 0 fully saturated rings. The molecular weight excluding hydrogens is 476 g/mol. The van der Waals surface area contributed by atoms with Crippen molar-refractivity contribution < 1.29 is 19.1 Å². The monoisotopic (exact) mass is 494 g/mol. The highest BCUT2D eigenvalue weighted by Gasteiger charge is 2.20. The number of carbonyl (C=O) groups excluding carboxylic acids is 2. The summed E-state index contributed by atoms with van der Waals surface area (Å²) >= 11 is 6.53. The number of nitrogens with one attached hydrogen (secondary N) is 1. The van der Waals surface area contributed by atoms with Crippen molar-refractivity contribution in [3.05, 3.63) is 56.8 Å². The van der Waals surface area contributed by atoms with Gasteiger partial charge >= 0.3 is 5.97 Å². The number of amides is 1. The minimum Gasteiger partial charge on any atom is -0.497 e. The molecule has 0 bridgehead atoms. The second-order valence-corrected chi connectivity index (χ2v) is 8.81. The first-order valence-electron chi connectivity index (χ1n) is 8.67. The fourth-order valence-corrected chi connectivity index (χ4v) is 5.00. The number of thiophene rings is 1. The van der Waals surface area contributed by atoms with Gasteiger partial charge in [-0.15, -0.1) is 22.7 Å². The van der Waals surface area contributed by atoms with E-state index in [0.717, 1.165) is 19.9 Å². The molecular formula is C20H19BrN2O4S2. The molecule has 2 heterocycles. The molecule has 0 aliphatic heterocycles. The summed E-state index contributed by atoms with van der Waals surface area (Å²) in [5, 5.41) is 7.67. The molecule has 1 atom stereocenters. The molecule has 1 aromatic carbocycles. The van der Waals surface area contributed by atoms with Crippen molar-refractivity contribution in [2.75, 3.05) is 14.2 Å². The molecule has 6 nitrogen and oxygen atoms in total. The molecule has 3 aromatic rings. The van der Waals surface area contributed by atoms with Crippen molar-refractivity contribution >= 4 is 50.5 Å². The summed E-state index contributed by atoms with van der Waals surface area (Å²) in [5.74, 6) is 0.0939. The van der Waals surface area contributed by atoms with E-state index in [1.165, 1.54) is 18.4 Å². The number of hydrogen-bond donors (Lipinski definition) is 1. The summed E-state index contributed by atoms with van der Waals surface area (Å²) in [6.45, 7) is 0. The molecule has 1 N–H and O–H groups in total. The Balaban J connectivity index is 1.69. The van der Waals surface area contributed by atoms with Gasteiger partial charge in [-0.3, -0.25) is 9.59 Å². The van der Waals surface area contributed by atoms with Crippen LogP contribution in [0, 0.1) is 0 Å². The van der Waals surface area contributed by atoms with Crippen LogP contribution in [0.2, 0.25) is 0 Å². The van der Waals surface area contributed by atoms with Crippen molar-refractivity contribution in [3.63, 3.8) is 0 Å². The van der Waals surface area contributed by atoms with Gasteiger partial charge in [0, 0.05) is 15.2 Å². The van der Waals surface area contributed by atoms with Gasteiger partial charge in [0.2, 0.25) is 5.91 Å². The number of halogens is 1. The quantitative estimate of drug-likeness (QED) is 0.462. The van der Waals surface area contributed by atoms with Crippen LogP contribution in [0.5, 0.6) is 5.75 Å². The third kappa shape index (κ3) is 5.88. The van der Waals surface area contributed by atoms with Gasteiger partial charge in [-0.25, -0.2) is 4.98 Å². The first-order valence-corrected chi connectivity index (χ1v) is 11.2. The van der Waals surface area contributed by atoms with Gasteiger partial charge in [-0.05, 0) is 39.7 Å². The first kappa shape index (κ1) is 21.5. The lowest BCUT2D eigenvalue weighted by molar-refractivity contribution is -0.141. The number of ether oxygens (including phenoxy) is 2. The maximum Gasteiger partial charge on any atom is 0.307 e. The van der Waals surface area contributed by atoms with Crippen LogP contribution in [-0.4, -0.2) is 31.1 Å². The van der Waals surface area contributed by atoms with Crippen LogP contribution in [0.4, 0.5) is 0 Å². The number of aromatic nitrogens is 1. The zero-order chi connectivity index (χ0) is 20.8. The standard InChI is InChI=1S/C20H19BrN2O4S2/c1-26-15-5-3-12(4-6-15)16(9-19(25)27-2)23-18(24)8-14-11-29-20(22-14)17-7-13(21)10-28-17/h3-7,10-11,16H,8-9H2,1-2H3,(H,23,24). The third-order valence-electron chi connectivity index (χ3n) is 4.12. The predicted molar refractivity (Wildman–Crippen MR) is 117 cm³/mol. The molecule has 0 aliphatic carbocycles. The van der Waals surface area contributed by atoms with Crippen LogP contribution in [-0.2, 0) is 20.7 Å². The van der Waals surface area contributed by atoms with Gasteiger partial charge in [0.1, 0.15) is 10.8 Å². The van der Waals surface area contributed by atoms with E-state index in [0.29, 0.717) is 11.4 Å². The third-order valence-corrected chi connectivity index (χ3v) is 6.87. The number of benzene rings is 1. The number of nitrogens with zero attached hydrogens (tertiary/aromatic N) is 1. The number of hydrogen-bond acceptors (Lipinski definition) is 7. The second-order valence-electron chi connectivity index (χ2n) is 6.12. The highest BCUT2D eigenvalue weighted by molar-refractivity contribution is 9.10. The first-order chi connectivity index (χ1) is 14.0. The molecule has 0 spiro atoms. The minimum atomic E-state index is -0.493. The summed E-state index contributed by atoms with van der Waals surface area (Å²) < 4.78 is 10.9. The van der Waals surface area contributed by atoms with Gasteiger partial charge < -0.3 is 14.8 Å². The molecule has 0 saturated heterocycles. The van der Waals surface area contributed by atoms with Gasteiger partial charge in [0.05, 0.1) is 43.7 Å². The zero-order valence-electron chi connectivity index (χ0n) is 15.8. The van der Waals surface area contributed by atoms with Crippen LogP contribution >= 0.6 is 38.6 Å². The Morgan fingerprint density at radius 2 is 1.93 bits per heavy atom. The molecule has 9 heteroatoms. The normalized spacial score (nSPS) is 11.7. The Bertz CT molecular complexity index is 985. The second kappa shape index (κ2) is 10.00. The minimum absolute atomic E-state index is 0.0418. The zero-order valence-corrected chi connectivity index (χ0v) is 19.0. The largest absolute Gasteiger partial charge is 0.497 e. The summed E-state index contributed by atoms with van der Waals surface area (Å²) in [5.41, 5.74) is 1.49. The Hall–Kier alpha value is -2.23. The molecule has 3 rings (SSSR count). The smallest absolute Gasteiger partial charge is 0.307 e. The van der Waals surface area contributed by atoms with Crippen LogP contribution in [0.25, 0.3) is 9.88 Å². The molecule has 0 saturated carbocycles. The Morgan fingerprint density at radius 1 is 1.17 bits per heavy atom. The van der Waals surface area contributed by atoms with E-state index in [1.54, 1.807) is 30.6 Å². The number of esters is 1. The number of thiazole rings is 1. The van der Waals surface area contributed by atoms with E-state index in [4.69, 9.17) is 9.47 Å². The van der Waals surface area contributed by atoms with Crippen LogP contribution in [0.15, 0.2) is 45.6 Å². The Labute approximate surface area is 185 Å². The summed E-state index contributed by atoms with van der Waals surface area (Å²) in [6, 6.07) is 8.73. The molecule has 2 aromatic heterocycles. The van der Waals surface area contributed by atoms with Crippen LogP contribution in [0.1, 0.15) is 23.7 Å². The number of methoxy groups -OCH3 is 2. The molecule has 152 valence electrons. The molecule has 0 radical (unpaired) electrons. The SMILES string of the molecule is COC(=O)CC(NC(=O)Cc1csc(-c2cc(Br)cs2)n1)c1ccc(OC)cc1. The van der Waals surface area contributed by atoms with Crippen LogP contribution in [0.3, 0.4) is 0 Å². The maximum atomic E-state index is 12.6. The van der Waals surface area contributed by atoms with Crippen LogP contribution < -0.4 is 10.1 Å².